The van der Waals surface area contributed by atoms with Gasteiger partial charge in [-0.05, 0) is 105 Å². The van der Waals surface area contributed by atoms with Crippen LogP contribution in [0.1, 0.15) is 91.4 Å². The van der Waals surface area contributed by atoms with Crippen molar-refractivity contribution in [3.63, 3.8) is 0 Å². The highest BCUT2D eigenvalue weighted by atomic mass is 19.4. The third kappa shape index (κ3) is 4.95. The molecule has 1 saturated heterocycles. The van der Waals surface area contributed by atoms with E-state index in [1.54, 1.807) is 0 Å². The number of alkyl halides is 6. The van der Waals surface area contributed by atoms with Crippen molar-refractivity contribution in [3.8, 4) is 0 Å². The number of likely N-dealkylation sites (tertiary alicyclic amines) is 1. The zero-order valence-electron chi connectivity index (χ0n) is 24.3. The first kappa shape index (κ1) is 31.1. The number of carbonyl (C=O) groups is 1. The lowest BCUT2D eigenvalue weighted by atomic mass is 9.47. The topological polar surface area (TPSA) is 60.8 Å². The summed E-state index contributed by atoms with van der Waals surface area (Å²) in [5.41, 5.74) is -3.07. The maximum absolute atomic E-state index is 13.3. The van der Waals surface area contributed by atoms with Gasteiger partial charge in [-0.3, -0.25) is 4.79 Å². The van der Waals surface area contributed by atoms with Gasteiger partial charge < -0.3 is 15.1 Å². The Morgan fingerprint density at radius 3 is 2.37 bits per heavy atom. The maximum Gasteiger partial charge on any atom is 0.426 e. The third-order valence-corrected chi connectivity index (χ3v) is 12.6. The van der Waals surface area contributed by atoms with Crippen molar-refractivity contribution in [2.75, 3.05) is 13.1 Å². The standard InChI is InChI=1S/C31H45F6NO3/c1-18(4-9-26(40)38-15-12-20(17-38)29(41,30(32,33)34)31(35,36)37)23-7-8-24-22-6-5-19-16-21(39)10-13-27(19,2)25(22)11-14-28(23,24)3/h5,18,20-25,39,41H,4,6-17H2,1-3H3/t18-,20-,21+,22+,23-,24+,25+,27+,28-/m1/s1. The second-order valence-electron chi connectivity index (χ2n) is 14.5. The number of rotatable bonds is 5. The van der Waals surface area contributed by atoms with Gasteiger partial charge in [0.1, 0.15) is 0 Å². The van der Waals surface area contributed by atoms with E-state index in [2.05, 4.69) is 26.8 Å². The predicted octanol–water partition coefficient (Wildman–Crippen LogP) is 7.05. The van der Waals surface area contributed by atoms with Gasteiger partial charge in [-0.15, -0.1) is 0 Å². The molecule has 234 valence electrons. The lowest BCUT2D eigenvalue weighted by molar-refractivity contribution is -0.383. The molecule has 5 rings (SSSR count). The average Bonchev–Trinajstić information content (AvgIpc) is 3.51. The van der Waals surface area contributed by atoms with Crippen molar-refractivity contribution in [2.24, 2.45) is 46.3 Å². The van der Waals surface area contributed by atoms with Crippen LogP contribution in [0, 0.1) is 46.3 Å². The minimum absolute atomic E-state index is 0.0835. The van der Waals surface area contributed by atoms with Crippen LogP contribution in [0.3, 0.4) is 0 Å². The quantitative estimate of drug-likeness (QED) is 0.265. The Kier molecular flexibility index (Phi) is 7.91. The van der Waals surface area contributed by atoms with Gasteiger partial charge in [0.2, 0.25) is 5.91 Å². The van der Waals surface area contributed by atoms with E-state index in [-0.39, 0.29) is 35.8 Å². The minimum Gasteiger partial charge on any atom is -0.393 e. The first-order chi connectivity index (χ1) is 18.9. The van der Waals surface area contributed by atoms with Crippen molar-refractivity contribution in [1.29, 1.82) is 0 Å². The monoisotopic (exact) mass is 593 g/mol. The molecule has 9 atom stereocenters. The number of allylic oxidation sites excluding steroid dienone is 1. The lowest BCUT2D eigenvalue weighted by Gasteiger charge is -2.58. The number of carbonyl (C=O) groups excluding carboxylic acids is 1. The van der Waals surface area contributed by atoms with E-state index in [0.29, 0.717) is 30.1 Å². The summed E-state index contributed by atoms with van der Waals surface area (Å²) in [4.78, 5) is 14.0. The SMILES string of the molecule is C[C@H](CCC(=O)N1CC[C@@H](C(O)(C(F)(F)F)C(F)(F)F)C1)[C@H]1CC[C@H]2[C@@H]3CC=C4C[C@@H](O)CC[C@]4(C)[C@H]3CC[C@]12C. The van der Waals surface area contributed by atoms with Crippen LogP contribution in [0.5, 0.6) is 0 Å². The number of amides is 1. The maximum atomic E-state index is 13.3. The van der Waals surface area contributed by atoms with Crippen LogP contribution in [0.15, 0.2) is 11.6 Å². The summed E-state index contributed by atoms with van der Waals surface area (Å²) in [5.74, 6) is -0.119. The van der Waals surface area contributed by atoms with Crippen LogP contribution in [0.4, 0.5) is 26.3 Å². The molecule has 1 aliphatic heterocycles. The van der Waals surface area contributed by atoms with Gasteiger partial charge >= 0.3 is 12.4 Å². The number of hydrogen-bond acceptors (Lipinski definition) is 3. The number of nitrogens with zero attached hydrogens (tertiary/aromatic N) is 1. The predicted molar refractivity (Wildman–Crippen MR) is 141 cm³/mol. The van der Waals surface area contributed by atoms with E-state index in [1.807, 2.05) is 0 Å². The molecule has 0 aromatic carbocycles. The summed E-state index contributed by atoms with van der Waals surface area (Å²) < 4.78 is 79.9. The molecule has 0 aromatic heterocycles. The smallest absolute Gasteiger partial charge is 0.393 e. The number of fused-ring (bicyclic) bond motifs is 5. The Morgan fingerprint density at radius 1 is 1.02 bits per heavy atom. The van der Waals surface area contributed by atoms with E-state index >= 15 is 0 Å². The van der Waals surface area contributed by atoms with Gasteiger partial charge in [-0.1, -0.05) is 32.4 Å². The minimum atomic E-state index is -5.87. The second kappa shape index (κ2) is 10.4. The van der Waals surface area contributed by atoms with Crippen molar-refractivity contribution < 1.29 is 41.4 Å². The van der Waals surface area contributed by atoms with E-state index < -0.39 is 42.7 Å². The second-order valence-corrected chi connectivity index (χ2v) is 14.5. The molecule has 4 fully saturated rings. The summed E-state index contributed by atoms with van der Waals surface area (Å²) >= 11 is 0. The van der Waals surface area contributed by atoms with Crippen molar-refractivity contribution >= 4 is 5.91 Å². The molecule has 1 heterocycles. The normalized spacial score (nSPS) is 40.5. The average molecular weight is 594 g/mol. The van der Waals surface area contributed by atoms with Crippen LogP contribution >= 0.6 is 0 Å². The van der Waals surface area contributed by atoms with Crippen LogP contribution in [-0.2, 0) is 4.79 Å². The molecular formula is C31H45F6NO3. The summed E-state index contributed by atoms with van der Waals surface area (Å²) in [7, 11) is 0. The molecule has 41 heavy (non-hydrogen) atoms. The van der Waals surface area contributed by atoms with Gasteiger partial charge in [-0.25, -0.2) is 0 Å². The van der Waals surface area contributed by atoms with Crippen LogP contribution in [0.2, 0.25) is 0 Å². The van der Waals surface area contributed by atoms with Crippen LogP contribution < -0.4 is 0 Å². The summed E-state index contributed by atoms with van der Waals surface area (Å²) in [5, 5.41) is 20.0. The van der Waals surface area contributed by atoms with Crippen LogP contribution in [-0.4, -0.2) is 58.2 Å². The zero-order valence-corrected chi connectivity index (χ0v) is 24.3. The lowest BCUT2D eigenvalue weighted by Crippen LogP contribution is -2.62. The Labute approximate surface area is 238 Å². The van der Waals surface area contributed by atoms with E-state index in [0.717, 1.165) is 56.3 Å². The largest absolute Gasteiger partial charge is 0.426 e. The Hall–Kier alpha value is -1.29. The van der Waals surface area contributed by atoms with Crippen molar-refractivity contribution in [3.05, 3.63) is 11.6 Å². The zero-order chi connectivity index (χ0) is 30.2. The van der Waals surface area contributed by atoms with Crippen molar-refractivity contribution in [2.45, 2.75) is 115 Å². The van der Waals surface area contributed by atoms with Crippen LogP contribution in [0.25, 0.3) is 0 Å². The van der Waals surface area contributed by atoms with Gasteiger partial charge in [0, 0.05) is 25.4 Å². The fourth-order valence-corrected chi connectivity index (χ4v) is 10.3. The molecule has 0 bridgehead atoms. The number of aliphatic hydroxyl groups excluding tert-OH is 1. The van der Waals surface area contributed by atoms with Gasteiger partial charge in [0.05, 0.1) is 6.10 Å². The molecule has 4 aliphatic carbocycles. The summed E-state index contributed by atoms with van der Waals surface area (Å²) in [6, 6.07) is 0. The fourth-order valence-electron chi connectivity index (χ4n) is 10.3. The molecule has 0 aromatic rings. The number of aliphatic hydroxyl groups is 2. The fraction of sp³-hybridized carbons (Fsp3) is 0.903. The van der Waals surface area contributed by atoms with Crippen molar-refractivity contribution in [1.82, 2.24) is 4.90 Å². The van der Waals surface area contributed by atoms with Gasteiger partial charge in [0.25, 0.3) is 5.60 Å². The molecule has 5 aliphatic rings. The van der Waals surface area contributed by atoms with E-state index in [1.165, 1.54) is 5.57 Å². The first-order valence-electron chi connectivity index (χ1n) is 15.4. The number of halogens is 6. The molecule has 0 spiro atoms. The number of hydrogen-bond donors (Lipinski definition) is 2. The van der Waals surface area contributed by atoms with E-state index in [4.69, 9.17) is 0 Å². The van der Waals surface area contributed by atoms with Gasteiger partial charge in [0.15, 0.2) is 0 Å². The highest BCUT2D eigenvalue weighted by Gasteiger charge is 2.74. The summed E-state index contributed by atoms with van der Waals surface area (Å²) in [6.45, 7) is 5.97. The van der Waals surface area contributed by atoms with E-state index in [9.17, 15) is 41.4 Å². The molecule has 1 amide bonds. The highest BCUT2D eigenvalue weighted by molar-refractivity contribution is 5.76. The molecule has 0 unspecified atom stereocenters. The molecular weight excluding hydrogens is 548 g/mol. The summed E-state index contributed by atoms with van der Waals surface area (Å²) in [6.07, 6.45) is -1.26. The Balaban J connectivity index is 1.20. The first-order valence-corrected chi connectivity index (χ1v) is 15.4. The Morgan fingerprint density at radius 2 is 1.71 bits per heavy atom. The molecule has 2 N–H and O–H groups in total. The third-order valence-electron chi connectivity index (χ3n) is 12.6. The Bertz CT molecular complexity index is 1030. The molecule has 3 saturated carbocycles. The van der Waals surface area contributed by atoms with Gasteiger partial charge in [-0.2, -0.15) is 26.3 Å². The molecule has 10 heteroatoms. The molecule has 4 nitrogen and oxygen atoms in total. The highest BCUT2D eigenvalue weighted by Crippen LogP contribution is 2.67. The molecule has 0 radical (unpaired) electrons.